The van der Waals surface area contributed by atoms with E-state index in [1.807, 2.05) is 18.2 Å². The topological polar surface area (TPSA) is 49.0 Å². The van der Waals surface area contributed by atoms with Gasteiger partial charge in [-0.3, -0.25) is 0 Å². The van der Waals surface area contributed by atoms with E-state index in [-0.39, 0.29) is 12.2 Å². The Hall–Kier alpha value is -2.86. The number of nitrogens with one attached hydrogen (secondary N) is 1. The van der Waals surface area contributed by atoms with Crippen LogP contribution in [0.5, 0.6) is 11.5 Å². The van der Waals surface area contributed by atoms with Crippen molar-refractivity contribution < 1.29 is 18.9 Å². The number of hydrogen-bond donors (Lipinski definition) is 1. The van der Waals surface area contributed by atoms with Crippen LogP contribution in [0.2, 0.25) is 0 Å². The monoisotopic (exact) mass is 529 g/mol. The van der Waals surface area contributed by atoms with Crippen molar-refractivity contribution in [3.8, 4) is 11.5 Å². The molecule has 0 spiro atoms. The number of ether oxygens (including phenoxy) is 4. The average molecular weight is 530 g/mol. The second kappa shape index (κ2) is 14.5. The molecule has 3 aromatic rings. The van der Waals surface area contributed by atoms with Crippen LogP contribution >= 0.6 is 0 Å². The summed E-state index contributed by atoms with van der Waals surface area (Å²) in [6, 6.07) is 27.3. The smallest absolute Gasteiger partial charge is 0.119 e. The lowest BCUT2D eigenvalue weighted by Crippen LogP contribution is -2.41. The molecule has 2 aliphatic rings. The van der Waals surface area contributed by atoms with Gasteiger partial charge in [-0.1, -0.05) is 61.0 Å². The van der Waals surface area contributed by atoms with Gasteiger partial charge in [0.25, 0.3) is 0 Å². The molecule has 3 aromatic carbocycles. The largest absolute Gasteiger partial charge is 0.494 e. The van der Waals surface area contributed by atoms with Gasteiger partial charge in [0.2, 0.25) is 0 Å². The number of hydrogen-bond acceptors (Lipinski definition) is 5. The van der Waals surface area contributed by atoms with Gasteiger partial charge in [0.15, 0.2) is 0 Å². The van der Waals surface area contributed by atoms with E-state index in [9.17, 15) is 0 Å². The molecule has 3 atom stereocenters. The summed E-state index contributed by atoms with van der Waals surface area (Å²) in [4.78, 5) is 0. The third-order valence-electron chi connectivity index (χ3n) is 7.99. The van der Waals surface area contributed by atoms with E-state index < -0.39 is 0 Å². The Labute approximate surface area is 233 Å². The van der Waals surface area contributed by atoms with E-state index in [1.54, 1.807) is 0 Å². The van der Waals surface area contributed by atoms with Gasteiger partial charge in [-0.15, -0.1) is 0 Å². The molecule has 5 nitrogen and oxygen atoms in total. The van der Waals surface area contributed by atoms with Gasteiger partial charge in [0, 0.05) is 18.9 Å². The van der Waals surface area contributed by atoms with Gasteiger partial charge in [-0.05, 0) is 79.6 Å². The zero-order valence-corrected chi connectivity index (χ0v) is 23.2. The second-order valence-corrected chi connectivity index (χ2v) is 10.9. The van der Waals surface area contributed by atoms with Crippen LogP contribution < -0.4 is 14.8 Å². The van der Waals surface area contributed by atoms with Gasteiger partial charge >= 0.3 is 0 Å². The van der Waals surface area contributed by atoms with Crippen LogP contribution in [-0.2, 0) is 16.1 Å². The molecule has 1 aliphatic heterocycles. The van der Waals surface area contributed by atoms with Crippen molar-refractivity contribution in [2.24, 2.45) is 5.92 Å². The molecule has 5 rings (SSSR count). The number of piperidine rings is 1. The van der Waals surface area contributed by atoms with E-state index in [4.69, 9.17) is 18.9 Å². The Balaban J connectivity index is 1.06. The minimum absolute atomic E-state index is 0.0183. The molecule has 0 aromatic heterocycles. The first-order chi connectivity index (χ1) is 19.2. The molecule has 1 aliphatic carbocycles. The lowest BCUT2D eigenvalue weighted by Gasteiger charge is -2.34. The maximum atomic E-state index is 6.63. The summed E-state index contributed by atoms with van der Waals surface area (Å²) in [5.74, 6) is 2.96. The van der Waals surface area contributed by atoms with Crippen molar-refractivity contribution in [1.29, 1.82) is 0 Å². The fourth-order valence-electron chi connectivity index (χ4n) is 5.33. The van der Waals surface area contributed by atoms with Crippen molar-refractivity contribution in [2.75, 3.05) is 32.9 Å². The van der Waals surface area contributed by atoms with Crippen molar-refractivity contribution in [1.82, 2.24) is 5.32 Å². The standard InChI is InChI=1S/C34H43NO4/c1-26(29-11-15-32(16-12-29)38-25-28-9-5-10-28)39-34-23-35-20-19-33(34)30-13-17-31(18-14-30)37-22-6-21-36-24-27-7-3-2-4-8-27/h2-4,7-8,11-18,26,28,33-35H,5-6,9-10,19-25H2,1H3. The second-order valence-electron chi connectivity index (χ2n) is 10.9. The normalized spacial score (nSPS) is 20.2. The first kappa shape index (κ1) is 27.7. The average Bonchev–Trinajstić information content (AvgIpc) is 2.96. The number of benzene rings is 3. The molecular formula is C34H43NO4. The Morgan fingerprint density at radius 1 is 0.821 bits per heavy atom. The Kier molecular flexibility index (Phi) is 10.3. The number of rotatable bonds is 14. The molecule has 1 saturated heterocycles. The lowest BCUT2D eigenvalue weighted by atomic mass is 9.86. The van der Waals surface area contributed by atoms with E-state index in [1.165, 1.54) is 36.0 Å². The molecule has 0 amide bonds. The molecule has 208 valence electrons. The molecule has 5 heteroatoms. The van der Waals surface area contributed by atoms with Crippen LogP contribution in [0.4, 0.5) is 0 Å². The molecule has 0 radical (unpaired) electrons. The summed E-state index contributed by atoms with van der Waals surface area (Å²) in [7, 11) is 0. The fraction of sp³-hybridized carbons (Fsp3) is 0.471. The Bertz CT molecular complexity index is 1100. The van der Waals surface area contributed by atoms with Crippen LogP contribution in [0.25, 0.3) is 0 Å². The molecule has 1 N–H and O–H groups in total. The summed E-state index contributed by atoms with van der Waals surface area (Å²) >= 11 is 0. The summed E-state index contributed by atoms with van der Waals surface area (Å²) in [6.07, 6.45) is 6.03. The molecule has 2 fully saturated rings. The van der Waals surface area contributed by atoms with E-state index in [0.717, 1.165) is 50.0 Å². The Morgan fingerprint density at radius 2 is 1.56 bits per heavy atom. The van der Waals surface area contributed by atoms with E-state index in [2.05, 4.69) is 72.9 Å². The van der Waals surface area contributed by atoms with Crippen molar-refractivity contribution >= 4 is 0 Å². The van der Waals surface area contributed by atoms with Gasteiger partial charge in [-0.25, -0.2) is 0 Å². The van der Waals surface area contributed by atoms with Crippen LogP contribution in [-0.4, -0.2) is 39.0 Å². The maximum absolute atomic E-state index is 6.63. The quantitative estimate of drug-likeness (QED) is 0.226. The molecule has 39 heavy (non-hydrogen) atoms. The zero-order chi connectivity index (χ0) is 26.7. The summed E-state index contributed by atoms with van der Waals surface area (Å²) in [5, 5.41) is 3.52. The van der Waals surface area contributed by atoms with Crippen molar-refractivity contribution in [3.05, 3.63) is 95.6 Å². The van der Waals surface area contributed by atoms with Gasteiger partial charge in [0.05, 0.1) is 38.6 Å². The predicted octanol–water partition coefficient (Wildman–Crippen LogP) is 7.07. The Morgan fingerprint density at radius 3 is 2.31 bits per heavy atom. The predicted molar refractivity (Wildman–Crippen MR) is 155 cm³/mol. The zero-order valence-electron chi connectivity index (χ0n) is 23.2. The van der Waals surface area contributed by atoms with E-state index >= 15 is 0 Å². The van der Waals surface area contributed by atoms with Gasteiger partial charge < -0.3 is 24.3 Å². The molecular weight excluding hydrogens is 486 g/mol. The highest BCUT2D eigenvalue weighted by Crippen LogP contribution is 2.33. The van der Waals surface area contributed by atoms with Crippen LogP contribution in [0.15, 0.2) is 78.9 Å². The minimum atomic E-state index is 0.0183. The summed E-state index contributed by atoms with van der Waals surface area (Å²) in [6.45, 7) is 6.84. The summed E-state index contributed by atoms with van der Waals surface area (Å²) < 4.78 is 24.3. The van der Waals surface area contributed by atoms with Crippen LogP contribution in [0.1, 0.15) is 67.7 Å². The fourth-order valence-corrected chi connectivity index (χ4v) is 5.33. The highest BCUT2D eigenvalue weighted by Gasteiger charge is 2.29. The molecule has 1 heterocycles. The van der Waals surface area contributed by atoms with Crippen molar-refractivity contribution in [2.45, 2.75) is 63.8 Å². The highest BCUT2D eigenvalue weighted by atomic mass is 16.5. The van der Waals surface area contributed by atoms with Crippen LogP contribution in [0.3, 0.4) is 0 Å². The SMILES string of the molecule is CC(OC1CNCCC1c1ccc(OCCCOCc2ccccc2)cc1)c1ccc(OCC2CCC2)cc1. The first-order valence-electron chi connectivity index (χ1n) is 14.7. The van der Waals surface area contributed by atoms with Gasteiger partial charge in [-0.2, -0.15) is 0 Å². The molecule has 3 unspecified atom stereocenters. The maximum Gasteiger partial charge on any atom is 0.119 e. The highest BCUT2D eigenvalue weighted by molar-refractivity contribution is 5.31. The van der Waals surface area contributed by atoms with Crippen LogP contribution in [0, 0.1) is 5.92 Å². The molecule has 1 saturated carbocycles. The third-order valence-corrected chi connectivity index (χ3v) is 7.99. The van der Waals surface area contributed by atoms with Crippen molar-refractivity contribution in [3.63, 3.8) is 0 Å². The minimum Gasteiger partial charge on any atom is -0.494 e. The first-order valence-corrected chi connectivity index (χ1v) is 14.7. The van der Waals surface area contributed by atoms with E-state index in [0.29, 0.717) is 25.7 Å². The molecule has 0 bridgehead atoms. The summed E-state index contributed by atoms with van der Waals surface area (Å²) in [5.41, 5.74) is 3.70. The third kappa shape index (κ3) is 8.31. The van der Waals surface area contributed by atoms with Gasteiger partial charge in [0.1, 0.15) is 11.5 Å². The lowest BCUT2D eigenvalue weighted by molar-refractivity contribution is -0.0272.